The maximum absolute atomic E-state index is 14.4. The first-order chi connectivity index (χ1) is 14.4. The SMILES string of the molecule is O=C(O)c1nc(C2CC2)cnc1Cc1cc(F)cc(C2=CCOCC2)c1OC(F)F. The average molecular weight is 420 g/mol. The lowest BCUT2D eigenvalue weighted by Crippen LogP contribution is -2.13. The zero-order chi connectivity index (χ0) is 21.3. The molecule has 0 spiro atoms. The van der Waals surface area contributed by atoms with E-state index in [9.17, 15) is 23.1 Å². The Labute approximate surface area is 170 Å². The monoisotopic (exact) mass is 420 g/mol. The smallest absolute Gasteiger partial charge is 0.387 e. The summed E-state index contributed by atoms with van der Waals surface area (Å²) in [4.78, 5) is 20.1. The molecule has 0 atom stereocenters. The number of benzene rings is 1. The van der Waals surface area contributed by atoms with Gasteiger partial charge in [0.05, 0.1) is 24.6 Å². The standard InChI is InChI=1S/C21H19F3N2O4/c22-14-7-13(8-16-18(20(27)28)26-17(10-25-16)12-1-2-12)19(30-21(23)24)15(9-14)11-3-5-29-6-4-11/h3,7,9-10,12,21H,1-2,4-6,8H2,(H,27,28). The Morgan fingerprint density at radius 3 is 2.77 bits per heavy atom. The number of alkyl halides is 2. The molecule has 0 radical (unpaired) electrons. The van der Waals surface area contributed by atoms with Gasteiger partial charge in [-0.05, 0) is 37.0 Å². The van der Waals surface area contributed by atoms with Crippen LogP contribution in [0.3, 0.4) is 0 Å². The molecule has 2 aromatic rings. The van der Waals surface area contributed by atoms with Gasteiger partial charge in [0.1, 0.15) is 11.6 Å². The summed E-state index contributed by atoms with van der Waals surface area (Å²) in [5.74, 6) is -1.92. The molecule has 158 valence electrons. The maximum Gasteiger partial charge on any atom is 0.387 e. The van der Waals surface area contributed by atoms with Crippen LogP contribution in [0.5, 0.6) is 5.75 Å². The molecular weight excluding hydrogens is 401 g/mol. The van der Waals surface area contributed by atoms with Gasteiger partial charge < -0.3 is 14.6 Å². The van der Waals surface area contributed by atoms with Crippen molar-refractivity contribution in [2.45, 2.75) is 38.2 Å². The number of halogens is 3. The van der Waals surface area contributed by atoms with E-state index >= 15 is 0 Å². The van der Waals surface area contributed by atoms with Gasteiger partial charge in [0, 0.05) is 29.7 Å². The molecule has 2 aliphatic rings. The molecule has 1 saturated carbocycles. The van der Waals surface area contributed by atoms with E-state index in [0.717, 1.165) is 25.0 Å². The summed E-state index contributed by atoms with van der Waals surface area (Å²) in [6.45, 7) is -2.47. The molecule has 1 N–H and O–H groups in total. The number of hydrogen-bond donors (Lipinski definition) is 1. The lowest BCUT2D eigenvalue weighted by Gasteiger charge is -2.20. The number of ether oxygens (including phenoxy) is 2. The second-order valence-electron chi connectivity index (χ2n) is 7.22. The first-order valence-corrected chi connectivity index (χ1v) is 9.56. The van der Waals surface area contributed by atoms with Gasteiger partial charge in [-0.15, -0.1) is 0 Å². The summed E-state index contributed by atoms with van der Waals surface area (Å²) in [5, 5.41) is 9.55. The van der Waals surface area contributed by atoms with Gasteiger partial charge in [-0.3, -0.25) is 4.98 Å². The zero-order valence-electron chi connectivity index (χ0n) is 15.9. The summed E-state index contributed by atoms with van der Waals surface area (Å²) >= 11 is 0. The summed E-state index contributed by atoms with van der Waals surface area (Å²) < 4.78 is 50.7. The number of nitrogens with zero attached hydrogens (tertiary/aromatic N) is 2. The van der Waals surface area contributed by atoms with Crippen LogP contribution in [0, 0.1) is 5.82 Å². The Kier molecular flexibility index (Phi) is 5.72. The van der Waals surface area contributed by atoms with Gasteiger partial charge in [0.2, 0.25) is 0 Å². The Morgan fingerprint density at radius 2 is 2.13 bits per heavy atom. The van der Waals surface area contributed by atoms with Gasteiger partial charge in [0.25, 0.3) is 0 Å². The van der Waals surface area contributed by atoms with Crippen LogP contribution < -0.4 is 4.74 Å². The van der Waals surface area contributed by atoms with Crippen molar-refractivity contribution >= 4 is 11.5 Å². The Morgan fingerprint density at radius 1 is 1.33 bits per heavy atom. The highest BCUT2D eigenvalue weighted by Crippen LogP contribution is 2.39. The maximum atomic E-state index is 14.4. The van der Waals surface area contributed by atoms with Crippen LogP contribution in [0.1, 0.15) is 58.2 Å². The highest BCUT2D eigenvalue weighted by molar-refractivity contribution is 5.86. The van der Waals surface area contributed by atoms with Crippen molar-refractivity contribution in [1.82, 2.24) is 9.97 Å². The van der Waals surface area contributed by atoms with Crippen molar-refractivity contribution in [3.63, 3.8) is 0 Å². The molecule has 0 unspecified atom stereocenters. The van der Waals surface area contributed by atoms with E-state index in [1.807, 2.05) is 0 Å². The van der Waals surface area contributed by atoms with Gasteiger partial charge in [-0.1, -0.05) is 6.08 Å². The fourth-order valence-corrected chi connectivity index (χ4v) is 3.50. The first-order valence-electron chi connectivity index (χ1n) is 9.56. The molecule has 0 bridgehead atoms. The minimum absolute atomic E-state index is 0.0588. The van der Waals surface area contributed by atoms with Crippen LogP contribution >= 0.6 is 0 Å². The molecule has 0 saturated heterocycles. The highest BCUT2D eigenvalue weighted by Gasteiger charge is 2.28. The molecule has 30 heavy (non-hydrogen) atoms. The Hall–Kier alpha value is -2.94. The molecule has 0 amide bonds. The predicted octanol–water partition coefficient (Wildman–Crippen LogP) is 4.19. The minimum atomic E-state index is -3.13. The molecule has 1 aromatic carbocycles. The molecule has 4 rings (SSSR count). The Balaban J connectivity index is 1.77. The predicted molar refractivity (Wildman–Crippen MR) is 100 cm³/mol. The molecule has 2 heterocycles. The number of hydrogen-bond acceptors (Lipinski definition) is 5. The number of carboxylic acids is 1. The summed E-state index contributed by atoms with van der Waals surface area (Å²) in [6, 6.07) is 2.20. The quantitative estimate of drug-likeness (QED) is 0.724. The van der Waals surface area contributed by atoms with E-state index in [1.54, 1.807) is 6.08 Å². The lowest BCUT2D eigenvalue weighted by molar-refractivity contribution is -0.0506. The van der Waals surface area contributed by atoms with Crippen LogP contribution in [0.2, 0.25) is 0 Å². The van der Waals surface area contributed by atoms with Gasteiger partial charge >= 0.3 is 12.6 Å². The van der Waals surface area contributed by atoms with Crippen LogP contribution in [-0.2, 0) is 11.2 Å². The molecule has 1 aliphatic heterocycles. The average Bonchev–Trinajstić information content (AvgIpc) is 3.55. The number of aromatic nitrogens is 2. The van der Waals surface area contributed by atoms with E-state index in [0.29, 0.717) is 24.3 Å². The van der Waals surface area contributed by atoms with Crippen molar-refractivity contribution in [3.8, 4) is 5.75 Å². The molecule has 1 aliphatic carbocycles. The van der Waals surface area contributed by atoms with Crippen LogP contribution in [-0.4, -0.2) is 40.9 Å². The first kappa shape index (κ1) is 20.3. The topological polar surface area (TPSA) is 81.5 Å². The fourth-order valence-electron chi connectivity index (χ4n) is 3.50. The molecule has 9 heteroatoms. The van der Waals surface area contributed by atoms with Gasteiger partial charge in [-0.2, -0.15) is 8.78 Å². The summed E-state index contributed by atoms with van der Waals surface area (Å²) in [5.41, 5.74) is 1.29. The largest absolute Gasteiger partial charge is 0.476 e. The van der Waals surface area contributed by atoms with Gasteiger partial charge in [0.15, 0.2) is 5.69 Å². The number of carbonyl (C=O) groups is 1. The minimum Gasteiger partial charge on any atom is -0.476 e. The zero-order valence-corrected chi connectivity index (χ0v) is 15.9. The van der Waals surface area contributed by atoms with Crippen LogP contribution in [0.15, 0.2) is 24.4 Å². The van der Waals surface area contributed by atoms with E-state index in [4.69, 9.17) is 9.47 Å². The van der Waals surface area contributed by atoms with Crippen molar-refractivity contribution in [2.75, 3.05) is 13.2 Å². The van der Waals surface area contributed by atoms with Crippen LogP contribution in [0.25, 0.3) is 5.57 Å². The third-order valence-corrected chi connectivity index (χ3v) is 5.07. The van der Waals surface area contributed by atoms with E-state index in [2.05, 4.69) is 9.97 Å². The molecular formula is C21H19F3N2O4. The van der Waals surface area contributed by atoms with E-state index in [-0.39, 0.29) is 47.2 Å². The van der Waals surface area contributed by atoms with Crippen molar-refractivity contribution in [1.29, 1.82) is 0 Å². The normalized spacial score (nSPS) is 16.5. The number of rotatable bonds is 7. The third-order valence-electron chi connectivity index (χ3n) is 5.07. The van der Waals surface area contributed by atoms with E-state index < -0.39 is 18.4 Å². The second kappa shape index (κ2) is 8.43. The molecule has 1 aromatic heterocycles. The molecule has 1 fully saturated rings. The summed E-state index contributed by atoms with van der Waals surface area (Å²) in [6.07, 6.45) is 5.23. The third kappa shape index (κ3) is 4.46. The second-order valence-corrected chi connectivity index (χ2v) is 7.22. The Bertz CT molecular complexity index is 1010. The fraction of sp³-hybridized carbons (Fsp3) is 0.381. The van der Waals surface area contributed by atoms with Crippen molar-refractivity contribution in [3.05, 3.63) is 58.4 Å². The van der Waals surface area contributed by atoms with E-state index in [1.165, 1.54) is 6.20 Å². The van der Waals surface area contributed by atoms with Crippen LogP contribution in [0.4, 0.5) is 13.2 Å². The van der Waals surface area contributed by atoms with Crippen molar-refractivity contribution < 1.29 is 32.5 Å². The number of aromatic carboxylic acids is 1. The highest BCUT2D eigenvalue weighted by atomic mass is 19.3. The molecule has 6 nitrogen and oxygen atoms in total. The van der Waals surface area contributed by atoms with Gasteiger partial charge in [-0.25, -0.2) is 14.2 Å². The lowest BCUT2D eigenvalue weighted by atomic mass is 9.95. The van der Waals surface area contributed by atoms with Crippen molar-refractivity contribution in [2.24, 2.45) is 0 Å². The summed E-state index contributed by atoms with van der Waals surface area (Å²) in [7, 11) is 0. The number of carboxylic acid groups (broad SMARTS) is 1.